The van der Waals surface area contributed by atoms with Gasteiger partial charge in [0.15, 0.2) is 17.2 Å². The molecule has 0 bridgehead atoms. The Morgan fingerprint density at radius 1 is 1.30 bits per heavy atom. The molecule has 0 unspecified atom stereocenters. The van der Waals surface area contributed by atoms with E-state index in [1.165, 1.54) is 19.4 Å². The molecule has 27 heavy (non-hydrogen) atoms. The average Bonchev–Trinajstić information content (AvgIpc) is 3.27. The predicted octanol–water partition coefficient (Wildman–Crippen LogP) is 3.12. The number of alkyl halides is 1. The minimum atomic E-state index is -0.784. The Labute approximate surface area is 153 Å². The van der Waals surface area contributed by atoms with Gasteiger partial charge >= 0.3 is 0 Å². The molecule has 1 aliphatic heterocycles. The van der Waals surface area contributed by atoms with Crippen molar-refractivity contribution in [3.8, 4) is 11.8 Å². The maximum atomic E-state index is 13.1. The molecule has 3 aromatic rings. The summed E-state index contributed by atoms with van der Waals surface area (Å²) in [6, 6.07) is 6.99. The highest BCUT2D eigenvalue weighted by Gasteiger charge is 2.23. The van der Waals surface area contributed by atoms with Gasteiger partial charge < -0.3 is 9.64 Å². The van der Waals surface area contributed by atoms with E-state index in [2.05, 4.69) is 14.8 Å². The highest BCUT2D eigenvalue weighted by molar-refractivity contribution is 5.57. The zero-order valence-corrected chi connectivity index (χ0v) is 14.4. The van der Waals surface area contributed by atoms with Gasteiger partial charge in [-0.05, 0) is 24.6 Å². The van der Waals surface area contributed by atoms with E-state index in [1.54, 1.807) is 16.8 Å². The molecule has 1 atom stereocenters. The van der Waals surface area contributed by atoms with Crippen molar-refractivity contribution in [1.29, 1.82) is 5.26 Å². The largest absolute Gasteiger partial charge is 0.494 e. The van der Waals surface area contributed by atoms with Crippen LogP contribution >= 0.6 is 0 Å². The summed E-state index contributed by atoms with van der Waals surface area (Å²) in [6.07, 6.45) is 2.98. The third-order valence-corrected chi connectivity index (χ3v) is 4.04. The number of aromatic nitrogens is 3. The van der Waals surface area contributed by atoms with Gasteiger partial charge in [-0.3, -0.25) is 0 Å². The number of nitriles is 1. The lowest BCUT2D eigenvalue weighted by Gasteiger charge is -2.15. The van der Waals surface area contributed by atoms with Crippen LogP contribution in [0.5, 0.6) is 5.75 Å². The minimum absolute atomic E-state index is 0.0569. The highest BCUT2D eigenvalue weighted by Crippen LogP contribution is 2.21. The summed E-state index contributed by atoms with van der Waals surface area (Å²) in [5.74, 6) is -0.517. The van der Waals surface area contributed by atoms with Crippen LogP contribution < -0.4 is 9.64 Å². The van der Waals surface area contributed by atoms with Gasteiger partial charge in [0.2, 0.25) is 0 Å². The highest BCUT2D eigenvalue weighted by atomic mass is 19.1. The van der Waals surface area contributed by atoms with Crippen LogP contribution in [0, 0.1) is 23.0 Å². The van der Waals surface area contributed by atoms with Crippen LogP contribution in [-0.2, 0) is 0 Å². The third-order valence-electron chi connectivity index (χ3n) is 4.04. The number of anilines is 1. The lowest BCUT2D eigenvalue weighted by atomic mass is 10.3. The molecule has 0 amide bonds. The first-order valence-electron chi connectivity index (χ1n) is 8.14. The molecular weight excluding hydrogens is 359 g/mol. The van der Waals surface area contributed by atoms with E-state index < -0.39 is 17.8 Å². The van der Waals surface area contributed by atoms with E-state index in [0.717, 1.165) is 12.1 Å². The van der Waals surface area contributed by atoms with Crippen LogP contribution in [0.2, 0.25) is 0 Å². The lowest BCUT2D eigenvalue weighted by molar-refractivity contribution is 0.364. The van der Waals surface area contributed by atoms with Crippen molar-refractivity contribution < 1.29 is 17.9 Å². The fourth-order valence-corrected chi connectivity index (χ4v) is 2.68. The first-order valence-corrected chi connectivity index (χ1v) is 8.14. The average molecular weight is 375 g/mol. The van der Waals surface area contributed by atoms with Crippen molar-refractivity contribution in [2.45, 2.75) is 12.6 Å². The number of halogens is 3. The summed E-state index contributed by atoms with van der Waals surface area (Å²) < 4.78 is 43.9. The van der Waals surface area contributed by atoms with E-state index in [1.807, 2.05) is 11.0 Å². The van der Waals surface area contributed by atoms with Gasteiger partial charge in [0.25, 0.3) is 0 Å². The molecule has 0 spiro atoms. The maximum Gasteiger partial charge on any atom is 0.175 e. The van der Waals surface area contributed by atoms with Crippen LogP contribution in [0.15, 0.2) is 36.7 Å². The summed E-state index contributed by atoms with van der Waals surface area (Å²) >= 11 is 0. The normalized spacial score (nSPS) is 16.0. The summed E-state index contributed by atoms with van der Waals surface area (Å²) in [6.45, 7) is 1.04. The van der Waals surface area contributed by atoms with E-state index in [0.29, 0.717) is 36.5 Å². The van der Waals surface area contributed by atoms with Crippen molar-refractivity contribution >= 4 is 11.5 Å². The van der Waals surface area contributed by atoms with Gasteiger partial charge in [-0.2, -0.15) is 10.4 Å². The van der Waals surface area contributed by atoms with Crippen molar-refractivity contribution in [3.05, 3.63) is 53.9 Å². The smallest absolute Gasteiger partial charge is 0.175 e. The van der Waals surface area contributed by atoms with Crippen molar-refractivity contribution in [1.82, 2.24) is 14.6 Å². The molecule has 1 saturated heterocycles. The zero-order chi connectivity index (χ0) is 19.4. The summed E-state index contributed by atoms with van der Waals surface area (Å²) in [5, 5.41) is 12.9. The lowest BCUT2D eigenvalue weighted by Crippen LogP contribution is -2.21. The number of hydrogen-bond acceptors (Lipinski definition) is 5. The first kappa shape index (κ1) is 18.5. The quantitative estimate of drug-likeness (QED) is 0.689. The van der Waals surface area contributed by atoms with Gasteiger partial charge in [0, 0.05) is 18.8 Å². The monoisotopic (exact) mass is 375 g/mol. The van der Waals surface area contributed by atoms with Crippen LogP contribution in [0.25, 0.3) is 5.65 Å². The molecule has 0 saturated carbocycles. The zero-order valence-electron chi connectivity index (χ0n) is 14.4. The number of hydrogen-bond donors (Lipinski definition) is 0. The number of nitrogens with zero attached hydrogens (tertiary/aromatic N) is 5. The molecule has 1 aliphatic rings. The van der Waals surface area contributed by atoms with E-state index in [-0.39, 0.29) is 5.75 Å². The Balaban J connectivity index is 0.000000180. The Morgan fingerprint density at radius 3 is 2.74 bits per heavy atom. The molecule has 1 fully saturated rings. The Morgan fingerprint density at radius 2 is 2.11 bits per heavy atom. The molecule has 0 N–H and O–H groups in total. The SMILES string of the molecule is COc1ccc(F)cc1F.N#Cc1cnn2ccc(N3CC[C@H](F)C3)nc12. The molecule has 4 rings (SSSR count). The summed E-state index contributed by atoms with van der Waals surface area (Å²) in [5.41, 5.74) is 0.954. The third kappa shape index (κ3) is 4.11. The van der Waals surface area contributed by atoms with Gasteiger partial charge in [-0.1, -0.05) is 0 Å². The second-order valence-corrected chi connectivity index (χ2v) is 5.83. The van der Waals surface area contributed by atoms with E-state index in [4.69, 9.17) is 5.26 Å². The number of methoxy groups -OCH3 is 1. The minimum Gasteiger partial charge on any atom is -0.494 e. The molecule has 2 aromatic heterocycles. The van der Waals surface area contributed by atoms with E-state index in [9.17, 15) is 13.2 Å². The molecule has 3 heterocycles. The predicted molar refractivity (Wildman–Crippen MR) is 92.3 cm³/mol. The number of benzene rings is 1. The molecule has 9 heteroatoms. The van der Waals surface area contributed by atoms with Gasteiger partial charge in [-0.25, -0.2) is 22.7 Å². The number of rotatable bonds is 2. The van der Waals surface area contributed by atoms with Crippen molar-refractivity contribution in [2.75, 3.05) is 25.1 Å². The summed E-state index contributed by atoms with van der Waals surface area (Å²) in [4.78, 5) is 6.25. The van der Waals surface area contributed by atoms with Crippen molar-refractivity contribution in [3.63, 3.8) is 0 Å². The molecule has 6 nitrogen and oxygen atoms in total. The van der Waals surface area contributed by atoms with Crippen LogP contribution in [0.3, 0.4) is 0 Å². The molecule has 1 aromatic carbocycles. The number of ether oxygens (including phenoxy) is 1. The Kier molecular flexibility index (Phi) is 5.45. The molecule has 140 valence electrons. The van der Waals surface area contributed by atoms with Gasteiger partial charge in [-0.15, -0.1) is 0 Å². The summed E-state index contributed by atoms with van der Waals surface area (Å²) in [7, 11) is 1.33. The first-order chi connectivity index (χ1) is 13.0. The standard InChI is InChI=1S/C11H10FN5.C7H6F2O/c12-9-1-3-16(7-9)10-2-4-17-11(15-10)8(5-13)6-14-17;1-10-7-3-2-5(8)4-6(7)9/h2,4,6,9H,1,3,7H2;2-4H,1H3/t9-;/m0./s1. The van der Waals surface area contributed by atoms with Crippen molar-refractivity contribution in [2.24, 2.45) is 0 Å². The van der Waals surface area contributed by atoms with Crippen LogP contribution in [0.1, 0.15) is 12.0 Å². The fraction of sp³-hybridized carbons (Fsp3) is 0.278. The second-order valence-electron chi connectivity index (χ2n) is 5.83. The van der Waals surface area contributed by atoms with Gasteiger partial charge in [0.05, 0.1) is 19.9 Å². The van der Waals surface area contributed by atoms with E-state index >= 15 is 0 Å². The molecular formula is C18H16F3N5O. The number of fused-ring (bicyclic) bond motifs is 1. The Hall–Kier alpha value is -3.28. The second kappa shape index (κ2) is 7.95. The van der Waals surface area contributed by atoms with Crippen LogP contribution in [0.4, 0.5) is 19.0 Å². The fourth-order valence-electron chi connectivity index (χ4n) is 2.68. The molecule has 0 radical (unpaired) electrons. The topological polar surface area (TPSA) is 66.4 Å². The van der Waals surface area contributed by atoms with Crippen LogP contribution in [-0.4, -0.2) is 41.0 Å². The Bertz CT molecular complexity index is 985. The maximum absolute atomic E-state index is 13.1. The molecule has 0 aliphatic carbocycles. The van der Waals surface area contributed by atoms with Gasteiger partial charge in [0.1, 0.15) is 29.4 Å².